The third-order valence-corrected chi connectivity index (χ3v) is 6.19. The second kappa shape index (κ2) is 9.64. The lowest BCUT2D eigenvalue weighted by molar-refractivity contribution is -0.143. The van der Waals surface area contributed by atoms with Crippen molar-refractivity contribution in [3.05, 3.63) is 82.7 Å². The summed E-state index contributed by atoms with van der Waals surface area (Å²) in [7, 11) is 1.36. The fraction of sp³-hybridized carbons (Fsp3) is 0.296. The second-order valence-corrected chi connectivity index (χ2v) is 9.24. The fourth-order valence-electron chi connectivity index (χ4n) is 3.97. The monoisotopic (exact) mass is 522 g/mol. The zero-order chi connectivity index (χ0) is 27.9. The van der Waals surface area contributed by atoms with Gasteiger partial charge >= 0.3 is 12.4 Å². The predicted octanol–water partition coefficient (Wildman–Crippen LogP) is 7.24. The number of Topliss-reactive ketones (excluding diaryl/α,β-unsaturated/α-hetero) is 1. The van der Waals surface area contributed by atoms with Crippen molar-refractivity contribution < 1.29 is 35.9 Å². The summed E-state index contributed by atoms with van der Waals surface area (Å²) >= 11 is 0. The number of ketones is 1. The first kappa shape index (κ1) is 27.9. The van der Waals surface area contributed by atoms with E-state index in [4.69, 9.17) is 0 Å². The number of amides is 1. The van der Waals surface area contributed by atoms with Crippen LogP contribution in [0.3, 0.4) is 0 Å². The van der Waals surface area contributed by atoms with Crippen LogP contribution in [0.5, 0.6) is 0 Å². The van der Waals surface area contributed by atoms with Crippen LogP contribution in [-0.2, 0) is 22.6 Å². The Morgan fingerprint density at radius 2 is 1.32 bits per heavy atom. The number of nitrogens with zero attached hydrogens (tertiary/aromatic N) is 2. The maximum atomic E-state index is 13.6. The molecule has 3 aromatic rings. The van der Waals surface area contributed by atoms with E-state index in [1.807, 2.05) is 13.0 Å². The van der Waals surface area contributed by atoms with Crippen LogP contribution < -0.4 is 4.90 Å². The van der Waals surface area contributed by atoms with Crippen molar-refractivity contribution in [3.8, 4) is 11.1 Å². The van der Waals surface area contributed by atoms with Crippen molar-refractivity contribution in [3.63, 3.8) is 0 Å². The van der Waals surface area contributed by atoms with Crippen LogP contribution >= 0.6 is 0 Å². The van der Waals surface area contributed by atoms with Crippen LogP contribution in [-0.4, -0.2) is 23.7 Å². The zero-order valence-corrected chi connectivity index (χ0v) is 20.7. The molecule has 1 amide bonds. The van der Waals surface area contributed by atoms with E-state index in [0.29, 0.717) is 23.3 Å². The summed E-state index contributed by atoms with van der Waals surface area (Å²) in [5.74, 6) is -1.09. The molecule has 196 valence electrons. The number of alkyl halides is 6. The molecule has 0 atom stereocenters. The van der Waals surface area contributed by atoms with Crippen LogP contribution in [0.2, 0.25) is 0 Å². The highest BCUT2D eigenvalue weighted by Crippen LogP contribution is 2.40. The van der Waals surface area contributed by atoms with Gasteiger partial charge in [-0.3, -0.25) is 14.6 Å². The smallest absolute Gasteiger partial charge is 0.313 e. The van der Waals surface area contributed by atoms with E-state index >= 15 is 0 Å². The van der Waals surface area contributed by atoms with Crippen molar-refractivity contribution >= 4 is 17.4 Å². The summed E-state index contributed by atoms with van der Waals surface area (Å²) in [6.07, 6.45) is -8.81. The number of benzene rings is 2. The Morgan fingerprint density at radius 1 is 0.811 bits per heavy atom. The molecule has 1 heterocycles. The Balaban J connectivity index is 2.17. The molecular formula is C27H24F6N2O2. The number of rotatable bonds is 5. The molecular weight excluding hydrogens is 498 g/mol. The molecule has 1 aromatic heterocycles. The molecule has 0 aliphatic rings. The van der Waals surface area contributed by atoms with Gasteiger partial charge in [0, 0.05) is 19.5 Å². The lowest BCUT2D eigenvalue weighted by Crippen LogP contribution is -2.42. The van der Waals surface area contributed by atoms with Crippen LogP contribution in [0.1, 0.15) is 53.5 Å². The summed E-state index contributed by atoms with van der Waals surface area (Å²) in [4.78, 5) is 30.9. The van der Waals surface area contributed by atoms with Crippen LogP contribution in [0.15, 0.2) is 54.7 Å². The molecule has 3 rings (SSSR count). The summed E-state index contributed by atoms with van der Waals surface area (Å²) in [6.45, 7) is 5.66. The fourth-order valence-corrected chi connectivity index (χ4v) is 3.97. The van der Waals surface area contributed by atoms with Gasteiger partial charge in [0.1, 0.15) is 5.69 Å². The van der Waals surface area contributed by atoms with Gasteiger partial charge in [-0.2, -0.15) is 26.3 Å². The number of carbonyl (C=O) groups is 2. The maximum Gasteiger partial charge on any atom is 0.416 e. The zero-order valence-electron chi connectivity index (χ0n) is 20.7. The Bertz CT molecular complexity index is 1330. The Morgan fingerprint density at radius 3 is 1.81 bits per heavy atom. The van der Waals surface area contributed by atoms with E-state index in [1.165, 1.54) is 40.1 Å². The lowest BCUT2D eigenvalue weighted by atomic mass is 9.81. The molecule has 0 saturated heterocycles. The first-order valence-electron chi connectivity index (χ1n) is 11.1. The molecule has 0 saturated carbocycles. The quantitative estimate of drug-likeness (QED) is 0.262. The predicted molar refractivity (Wildman–Crippen MR) is 127 cm³/mol. The maximum absolute atomic E-state index is 13.6. The Kier molecular flexibility index (Phi) is 7.27. The van der Waals surface area contributed by atoms with Crippen molar-refractivity contribution in [1.82, 2.24) is 4.98 Å². The molecule has 0 bridgehead atoms. The molecule has 0 unspecified atom stereocenters. The van der Waals surface area contributed by atoms with Gasteiger partial charge in [-0.15, -0.1) is 0 Å². The highest BCUT2D eigenvalue weighted by molar-refractivity contribution is 6.04. The normalized spacial score (nSPS) is 12.4. The van der Waals surface area contributed by atoms with Crippen molar-refractivity contribution in [2.45, 2.75) is 45.5 Å². The van der Waals surface area contributed by atoms with Crippen molar-refractivity contribution in [2.24, 2.45) is 0 Å². The first-order valence-corrected chi connectivity index (χ1v) is 11.1. The number of halogens is 6. The number of anilines is 1. The molecule has 0 aliphatic heterocycles. The average Bonchev–Trinajstić information content (AvgIpc) is 2.81. The third kappa shape index (κ3) is 5.68. The number of aryl methyl sites for hydroxylation is 1. The first-order chi connectivity index (χ1) is 16.9. The van der Waals surface area contributed by atoms with Crippen LogP contribution in [0.4, 0.5) is 32.0 Å². The van der Waals surface area contributed by atoms with Gasteiger partial charge in [0.2, 0.25) is 5.91 Å². The molecule has 37 heavy (non-hydrogen) atoms. The van der Waals surface area contributed by atoms with Gasteiger partial charge in [-0.05, 0) is 61.7 Å². The molecule has 0 spiro atoms. The Labute approximate surface area is 209 Å². The number of hydrogen-bond donors (Lipinski definition) is 0. The molecule has 0 aliphatic carbocycles. The highest BCUT2D eigenvalue weighted by Gasteiger charge is 2.41. The van der Waals surface area contributed by atoms with Gasteiger partial charge in [0.15, 0.2) is 5.78 Å². The largest absolute Gasteiger partial charge is 0.416 e. The molecule has 0 radical (unpaired) electrons. The third-order valence-electron chi connectivity index (χ3n) is 6.19. The molecule has 2 aromatic carbocycles. The number of pyridine rings is 1. The van der Waals surface area contributed by atoms with E-state index in [-0.39, 0.29) is 23.2 Å². The van der Waals surface area contributed by atoms with E-state index in [9.17, 15) is 35.9 Å². The SMILES string of the molecule is CC(=O)c1cc(-c2ccccc2C)c(N(C)C(=O)C(C)(C)c2cc(C(F)(F)F)cc(C(F)(F)F)c2)cn1. The summed E-state index contributed by atoms with van der Waals surface area (Å²) < 4.78 is 80.6. The lowest BCUT2D eigenvalue weighted by Gasteiger charge is -2.32. The minimum atomic E-state index is -5.05. The van der Waals surface area contributed by atoms with Gasteiger partial charge in [0.25, 0.3) is 0 Å². The van der Waals surface area contributed by atoms with Gasteiger partial charge < -0.3 is 4.90 Å². The topological polar surface area (TPSA) is 50.3 Å². The molecule has 0 fully saturated rings. The van der Waals surface area contributed by atoms with Gasteiger partial charge in [0.05, 0.1) is 28.4 Å². The van der Waals surface area contributed by atoms with Crippen LogP contribution in [0.25, 0.3) is 11.1 Å². The number of aromatic nitrogens is 1. The van der Waals surface area contributed by atoms with Crippen molar-refractivity contribution in [1.29, 1.82) is 0 Å². The van der Waals surface area contributed by atoms with E-state index in [2.05, 4.69) is 4.98 Å². The number of likely N-dealkylation sites (N-methyl/N-ethyl adjacent to an activating group) is 1. The highest BCUT2D eigenvalue weighted by atomic mass is 19.4. The summed E-state index contributed by atoms with van der Waals surface area (Å²) in [5, 5.41) is 0. The Hall–Kier alpha value is -3.69. The number of hydrogen-bond acceptors (Lipinski definition) is 3. The van der Waals surface area contributed by atoms with Crippen LogP contribution in [0, 0.1) is 6.92 Å². The van der Waals surface area contributed by atoms with Crippen molar-refractivity contribution in [2.75, 3.05) is 11.9 Å². The minimum absolute atomic E-state index is 0.0223. The minimum Gasteiger partial charge on any atom is -0.313 e. The van der Waals surface area contributed by atoms with E-state index in [0.717, 1.165) is 10.5 Å². The molecule has 0 N–H and O–H groups in total. The van der Waals surface area contributed by atoms with E-state index in [1.54, 1.807) is 18.2 Å². The second-order valence-electron chi connectivity index (χ2n) is 9.24. The van der Waals surface area contributed by atoms with Gasteiger partial charge in [-0.1, -0.05) is 24.3 Å². The molecule has 4 nitrogen and oxygen atoms in total. The van der Waals surface area contributed by atoms with E-state index < -0.39 is 40.4 Å². The molecule has 10 heteroatoms. The van der Waals surface area contributed by atoms with Gasteiger partial charge in [-0.25, -0.2) is 0 Å². The number of carbonyl (C=O) groups excluding carboxylic acids is 2. The summed E-state index contributed by atoms with van der Waals surface area (Å²) in [5.41, 5.74) is -2.92. The standard InChI is InChI=1S/C27H24F6N2O2/c1-15-8-6-7-9-20(15)21-13-22(16(2)36)34-14-23(21)35(5)24(37)25(3,4)17-10-18(26(28,29)30)12-19(11-17)27(31,32)33/h6-14H,1-5H3. The average molecular weight is 522 g/mol. The summed E-state index contributed by atoms with van der Waals surface area (Å²) in [6, 6.07) is 9.78.